The number of hydrogen-bond donors (Lipinski definition) is 6. The van der Waals surface area contributed by atoms with Crippen LogP contribution in [-0.2, 0) is 9.53 Å². The summed E-state index contributed by atoms with van der Waals surface area (Å²) in [7, 11) is 0. The fourth-order valence-corrected chi connectivity index (χ4v) is 6.52. The molecule has 0 saturated carbocycles. The van der Waals surface area contributed by atoms with Crippen LogP contribution in [0.25, 0.3) is 11.1 Å². The zero-order valence-electron chi connectivity index (χ0n) is 24.8. The highest BCUT2D eigenvalue weighted by atomic mass is 19.1. The van der Waals surface area contributed by atoms with Gasteiger partial charge in [-0.2, -0.15) is 0 Å². The predicted molar refractivity (Wildman–Crippen MR) is 167 cm³/mol. The molecule has 4 aromatic carbocycles. The molecule has 0 aliphatic carbocycles. The van der Waals surface area contributed by atoms with Crippen LogP contribution in [0.1, 0.15) is 47.8 Å². The Bertz CT molecular complexity index is 1670. The minimum Gasteiger partial charge on any atom is -0.508 e. The van der Waals surface area contributed by atoms with Gasteiger partial charge in [0.25, 0.3) is 0 Å². The van der Waals surface area contributed by atoms with Crippen molar-refractivity contribution in [2.45, 2.75) is 55.5 Å². The normalized spacial score (nSPS) is 26.9. The minimum atomic E-state index is -1.49. The van der Waals surface area contributed by atoms with Crippen LogP contribution in [0.5, 0.6) is 5.75 Å². The molecule has 9 nitrogen and oxygen atoms in total. The van der Waals surface area contributed by atoms with E-state index in [0.29, 0.717) is 22.4 Å². The number of rotatable bonds is 9. The van der Waals surface area contributed by atoms with Crippen molar-refractivity contribution in [1.29, 1.82) is 0 Å². The fraction of sp³-hybridized carbons (Fsp3) is 0.306. The summed E-state index contributed by atoms with van der Waals surface area (Å²) in [6, 6.07) is 26.8. The molecule has 2 heterocycles. The summed E-state index contributed by atoms with van der Waals surface area (Å²) in [5.41, 5.74) is 3.35. The van der Waals surface area contributed by atoms with E-state index in [1.54, 1.807) is 53.4 Å². The summed E-state index contributed by atoms with van der Waals surface area (Å²) in [6.07, 6.45) is -6.95. The average Bonchev–Trinajstić information content (AvgIpc) is 3.07. The maximum absolute atomic E-state index is 14.3. The van der Waals surface area contributed by atoms with E-state index < -0.39 is 61.0 Å². The predicted octanol–water partition coefficient (Wildman–Crippen LogP) is 3.93. The van der Waals surface area contributed by atoms with Crippen molar-refractivity contribution >= 4 is 11.6 Å². The third-order valence-electron chi connectivity index (χ3n) is 9.08. The molecule has 4 aromatic rings. The van der Waals surface area contributed by atoms with E-state index in [0.717, 1.165) is 5.56 Å². The zero-order chi connectivity index (χ0) is 32.5. The van der Waals surface area contributed by atoms with Gasteiger partial charge in [-0.05, 0) is 53.8 Å². The van der Waals surface area contributed by atoms with Crippen molar-refractivity contribution in [3.8, 4) is 16.9 Å². The number of aliphatic hydroxyl groups is 5. The number of para-hydroxylation sites is 1. The molecule has 46 heavy (non-hydrogen) atoms. The third kappa shape index (κ3) is 5.91. The van der Waals surface area contributed by atoms with Crippen LogP contribution < -0.4 is 4.90 Å². The number of aromatic hydroxyl groups is 1. The topological polar surface area (TPSA) is 151 Å². The summed E-state index contributed by atoms with van der Waals surface area (Å²) < 4.78 is 19.9. The van der Waals surface area contributed by atoms with Gasteiger partial charge in [-0.1, -0.05) is 72.8 Å². The maximum Gasteiger partial charge on any atom is 0.233 e. The number of carbonyl (C=O) groups excluding carboxylic acids is 1. The molecule has 0 unspecified atom stereocenters. The number of amides is 1. The van der Waals surface area contributed by atoms with E-state index in [9.17, 15) is 39.8 Å². The Kier molecular flexibility index (Phi) is 9.19. The Morgan fingerprint density at radius 1 is 0.826 bits per heavy atom. The standard InChI is InChI=1S/C36H36FNO8/c37-27-9-5-4-8-24(27)28(40)17-16-26-31(38(36(26)45)23-6-2-1-3-7-23)25-15-14-22(18-29(25)41)20-10-12-21(13-11-20)35-34(44)33(43)32(42)30(19-39)46-35/h1-15,18,26,28,30-35,39-44H,16-17,19H2/t26-,28+,30-,31-,32-,33+,34-,35+/m1/s1. The smallest absolute Gasteiger partial charge is 0.233 e. The van der Waals surface area contributed by atoms with E-state index in [4.69, 9.17) is 4.74 Å². The van der Waals surface area contributed by atoms with Crippen LogP contribution in [0.3, 0.4) is 0 Å². The highest BCUT2D eigenvalue weighted by Gasteiger charge is 2.49. The van der Waals surface area contributed by atoms with Gasteiger partial charge < -0.3 is 40.3 Å². The first-order chi connectivity index (χ1) is 22.2. The molecule has 1 amide bonds. The second kappa shape index (κ2) is 13.3. The number of hydrogen-bond acceptors (Lipinski definition) is 8. The lowest BCUT2D eigenvalue weighted by atomic mass is 9.77. The van der Waals surface area contributed by atoms with Gasteiger partial charge in [-0.15, -0.1) is 0 Å². The van der Waals surface area contributed by atoms with Crippen molar-refractivity contribution < 1.29 is 44.6 Å². The van der Waals surface area contributed by atoms with Crippen LogP contribution in [0.15, 0.2) is 97.1 Å². The zero-order valence-corrected chi connectivity index (χ0v) is 24.8. The van der Waals surface area contributed by atoms with Gasteiger partial charge in [0.1, 0.15) is 42.1 Å². The first-order valence-corrected chi connectivity index (χ1v) is 15.2. The number of nitrogens with zero attached hydrogens (tertiary/aromatic N) is 1. The SMILES string of the molecule is O=C1[C@H](CC[C@H](O)c2ccccc2F)[C@@H](c2ccc(-c3ccc([C@@H]4O[C@H](CO)[C@@H](O)[C@H](O)[C@H]4O)cc3)cc2O)N1c1ccccc1. The molecule has 6 N–H and O–H groups in total. The minimum absolute atomic E-state index is 0.0198. The molecule has 8 atom stereocenters. The van der Waals surface area contributed by atoms with E-state index in [2.05, 4.69) is 0 Å². The Hall–Kier alpha value is -4.16. The van der Waals surface area contributed by atoms with Crippen LogP contribution >= 0.6 is 0 Å². The molecule has 6 rings (SSSR count). The maximum atomic E-state index is 14.3. The van der Waals surface area contributed by atoms with E-state index in [-0.39, 0.29) is 30.1 Å². The number of carbonyl (C=O) groups is 1. The number of anilines is 1. The van der Waals surface area contributed by atoms with E-state index in [1.165, 1.54) is 12.1 Å². The lowest BCUT2D eigenvalue weighted by Crippen LogP contribution is -2.55. The van der Waals surface area contributed by atoms with Crippen molar-refractivity contribution in [3.63, 3.8) is 0 Å². The van der Waals surface area contributed by atoms with Gasteiger partial charge >= 0.3 is 0 Å². The lowest BCUT2D eigenvalue weighted by molar-refractivity contribution is -0.231. The molecule has 0 aromatic heterocycles. The molecular weight excluding hydrogens is 593 g/mol. The number of phenolic OH excluding ortho intramolecular Hbond substituents is 1. The summed E-state index contributed by atoms with van der Waals surface area (Å²) in [4.78, 5) is 15.1. The monoisotopic (exact) mass is 629 g/mol. The molecule has 10 heteroatoms. The van der Waals surface area contributed by atoms with Crippen molar-refractivity contribution in [1.82, 2.24) is 0 Å². The fourth-order valence-electron chi connectivity index (χ4n) is 6.52. The second-order valence-corrected chi connectivity index (χ2v) is 11.9. The Labute approximate surface area is 265 Å². The van der Waals surface area contributed by atoms with Crippen molar-refractivity contribution in [3.05, 3.63) is 120 Å². The van der Waals surface area contributed by atoms with Crippen LogP contribution in [0.4, 0.5) is 10.1 Å². The molecule has 0 spiro atoms. The second-order valence-electron chi connectivity index (χ2n) is 11.9. The Morgan fingerprint density at radius 3 is 2.17 bits per heavy atom. The van der Waals surface area contributed by atoms with Crippen LogP contribution in [0, 0.1) is 11.7 Å². The first kappa shape index (κ1) is 31.8. The van der Waals surface area contributed by atoms with Gasteiger partial charge in [-0.3, -0.25) is 4.79 Å². The third-order valence-corrected chi connectivity index (χ3v) is 9.08. The summed E-state index contributed by atoms with van der Waals surface area (Å²) in [5, 5.41) is 62.2. The van der Waals surface area contributed by atoms with Gasteiger partial charge in [0.15, 0.2) is 0 Å². The average molecular weight is 630 g/mol. The van der Waals surface area contributed by atoms with E-state index in [1.807, 2.05) is 36.4 Å². The number of halogens is 1. The summed E-state index contributed by atoms with van der Waals surface area (Å²) in [6.45, 7) is -0.521. The molecule has 2 fully saturated rings. The quantitative estimate of drug-likeness (QED) is 0.153. The molecule has 2 aliphatic rings. The number of benzene rings is 4. The summed E-state index contributed by atoms with van der Waals surface area (Å²) >= 11 is 0. The van der Waals surface area contributed by atoms with Gasteiger partial charge in [0, 0.05) is 16.8 Å². The van der Waals surface area contributed by atoms with Gasteiger partial charge in [0.05, 0.1) is 24.7 Å². The Morgan fingerprint density at radius 2 is 1.50 bits per heavy atom. The number of β-lactam (4-membered cyclic amide) rings is 1. The van der Waals surface area contributed by atoms with Crippen LogP contribution in [-0.4, -0.2) is 67.6 Å². The number of phenols is 1. The first-order valence-electron chi connectivity index (χ1n) is 15.2. The van der Waals surface area contributed by atoms with Gasteiger partial charge in [-0.25, -0.2) is 4.39 Å². The van der Waals surface area contributed by atoms with E-state index >= 15 is 0 Å². The summed E-state index contributed by atoms with van der Waals surface area (Å²) in [5.74, 6) is -1.22. The molecule has 0 bridgehead atoms. The molecule has 240 valence electrons. The molecule has 2 saturated heterocycles. The van der Waals surface area contributed by atoms with Crippen molar-refractivity contribution in [2.24, 2.45) is 5.92 Å². The number of ether oxygens (including phenoxy) is 1. The van der Waals surface area contributed by atoms with Crippen molar-refractivity contribution in [2.75, 3.05) is 11.5 Å². The largest absolute Gasteiger partial charge is 0.508 e. The number of aliphatic hydroxyl groups excluding tert-OH is 5. The highest BCUT2D eigenvalue weighted by molar-refractivity contribution is 6.03. The molecule has 0 radical (unpaired) electrons. The molecule has 2 aliphatic heterocycles. The van der Waals surface area contributed by atoms with Crippen LogP contribution in [0.2, 0.25) is 0 Å². The van der Waals surface area contributed by atoms with Gasteiger partial charge in [0.2, 0.25) is 5.91 Å². The molecular formula is C36H36FNO8. The Balaban J connectivity index is 1.23. The highest BCUT2D eigenvalue weighted by Crippen LogP contribution is 2.49. The lowest BCUT2D eigenvalue weighted by Gasteiger charge is -2.48.